The van der Waals surface area contributed by atoms with E-state index in [-0.39, 0.29) is 0 Å². The quantitative estimate of drug-likeness (QED) is 0.802. The van der Waals surface area contributed by atoms with Crippen LogP contribution in [0, 0.1) is 0 Å². The van der Waals surface area contributed by atoms with E-state index >= 15 is 0 Å². The van der Waals surface area contributed by atoms with Crippen LogP contribution in [0.3, 0.4) is 0 Å². The molecular weight excluding hydrogens is 200 g/mol. The van der Waals surface area contributed by atoms with E-state index < -0.39 is 0 Å². The minimum atomic E-state index is 0.379. The van der Waals surface area contributed by atoms with Gasteiger partial charge in [0, 0.05) is 26.2 Å². The highest BCUT2D eigenvalue weighted by atomic mass is 16.5. The van der Waals surface area contributed by atoms with Crippen molar-refractivity contribution in [2.24, 2.45) is 0 Å². The first kappa shape index (κ1) is 10.1. The van der Waals surface area contributed by atoms with Gasteiger partial charge < -0.3 is 15.0 Å². The number of ether oxygens (including phenoxy) is 1. The van der Waals surface area contributed by atoms with Crippen molar-refractivity contribution in [3.8, 4) is 5.75 Å². The third-order valence-corrected chi connectivity index (χ3v) is 3.43. The second kappa shape index (κ2) is 4.07. The Bertz CT molecular complexity index is 388. The third kappa shape index (κ3) is 1.93. The molecule has 0 unspecified atom stereocenters. The Morgan fingerprint density at radius 3 is 2.94 bits per heavy atom. The maximum absolute atomic E-state index is 5.87. The molecule has 0 bridgehead atoms. The summed E-state index contributed by atoms with van der Waals surface area (Å²) in [7, 11) is 2.17. The van der Waals surface area contributed by atoms with Crippen molar-refractivity contribution < 1.29 is 4.74 Å². The molecular formula is C13H18N2O. The van der Waals surface area contributed by atoms with Gasteiger partial charge in [-0.2, -0.15) is 0 Å². The van der Waals surface area contributed by atoms with Gasteiger partial charge in [0.1, 0.15) is 11.9 Å². The zero-order valence-electron chi connectivity index (χ0n) is 9.70. The first-order chi connectivity index (χ1) is 7.81. The number of hydrogen-bond donors (Lipinski definition) is 1. The summed E-state index contributed by atoms with van der Waals surface area (Å²) in [6.45, 7) is 4.20. The topological polar surface area (TPSA) is 24.5 Å². The van der Waals surface area contributed by atoms with Gasteiger partial charge in [0.15, 0.2) is 0 Å². The minimum absolute atomic E-state index is 0.379. The number of rotatable bonds is 2. The summed E-state index contributed by atoms with van der Waals surface area (Å²) < 4.78 is 5.87. The second-order valence-electron chi connectivity index (χ2n) is 4.82. The highest BCUT2D eigenvalue weighted by Crippen LogP contribution is 2.24. The van der Waals surface area contributed by atoms with E-state index in [4.69, 9.17) is 4.74 Å². The first-order valence-electron chi connectivity index (χ1n) is 5.99. The Morgan fingerprint density at radius 1 is 1.31 bits per heavy atom. The second-order valence-corrected chi connectivity index (χ2v) is 4.82. The predicted molar refractivity (Wildman–Crippen MR) is 63.8 cm³/mol. The molecule has 1 aromatic rings. The zero-order chi connectivity index (χ0) is 11.0. The van der Waals surface area contributed by atoms with Gasteiger partial charge in [-0.1, -0.05) is 6.07 Å². The summed E-state index contributed by atoms with van der Waals surface area (Å²) in [5.74, 6) is 1.04. The summed E-state index contributed by atoms with van der Waals surface area (Å²) in [4.78, 5) is 2.36. The van der Waals surface area contributed by atoms with Crippen LogP contribution in [0.4, 0.5) is 0 Å². The molecule has 2 aliphatic rings. The van der Waals surface area contributed by atoms with Crippen molar-refractivity contribution in [2.75, 3.05) is 26.7 Å². The van der Waals surface area contributed by atoms with E-state index in [0.717, 1.165) is 38.3 Å². The fraction of sp³-hybridized carbons (Fsp3) is 0.538. The van der Waals surface area contributed by atoms with Crippen molar-refractivity contribution >= 4 is 0 Å². The van der Waals surface area contributed by atoms with E-state index in [1.807, 2.05) is 0 Å². The third-order valence-electron chi connectivity index (χ3n) is 3.43. The number of fused-ring (bicyclic) bond motifs is 1. The number of benzene rings is 1. The molecule has 0 radical (unpaired) electrons. The molecule has 3 nitrogen and oxygen atoms in total. The van der Waals surface area contributed by atoms with Crippen LogP contribution in [0.25, 0.3) is 0 Å². The number of likely N-dealkylation sites (N-methyl/N-ethyl adjacent to an activating group) is 1. The molecule has 0 amide bonds. The van der Waals surface area contributed by atoms with Crippen LogP contribution >= 0.6 is 0 Å². The Labute approximate surface area is 96.4 Å². The van der Waals surface area contributed by atoms with Crippen molar-refractivity contribution in [2.45, 2.75) is 19.1 Å². The SMILES string of the molecule is CN1CCc2cc(OC3CNC3)ccc2C1. The molecule has 0 aliphatic carbocycles. The Morgan fingerprint density at radius 2 is 2.19 bits per heavy atom. The van der Waals surface area contributed by atoms with Gasteiger partial charge in [0.25, 0.3) is 0 Å². The molecule has 3 rings (SSSR count). The van der Waals surface area contributed by atoms with E-state index in [1.165, 1.54) is 11.1 Å². The molecule has 2 aliphatic heterocycles. The van der Waals surface area contributed by atoms with Crippen LogP contribution < -0.4 is 10.1 Å². The zero-order valence-corrected chi connectivity index (χ0v) is 9.70. The Balaban J connectivity index is 1.76. The summed E-state index contributed by atoms with van der Waals surface area (Å²) in [5, 5.41) is 3.22. The number of nitrogens with zero attached hydrogens (tertiary/aromatic N) is 1. The van der Waals surface area contributed by atoms with Gasteiger partial charge in [-0.05, 0) is 36.7 Å². The predicted octanol–water partition coefficient (Wildman–Crippen LogP) is 1.03. The fourth-order valence-electron chi connectivity index (χ4n) is 2.28. The normalized spacial score (nSPS) is 21.3. The van der Waals surface area contributed by atoms with Gasteiger partial charge in [-0.25, -0.2) is 0 Å². The number of hydrogen-bond acceptors (Lipinski definition) is 3. The fourth-order valence-corrected chi connectivity index (χ4v) is 2.28. The average Bonchev–Trinajstić information content (AvgIpc) is 2.23. The van der Waals surface area contributed by atoms with Crippen molar-refractivity contribution in [1.82, 2.24) is 10.2 Å². The molecule has 1 aromatic carbocycles. The Hall–Kier alpha value is -1.06. The van der Waals surface area contributed by atoms with Crippen molar-refractivity contribution in [3.63, 3.8) is 0 Å². The highest BCUT2D eigenvalue weighted by molar-refractivity contribution is 5.37. The largest absolute Gasteiger partial charge is 0.488 e. The lowest BCUT2D eigenvalue weighted by molar-refractivity contribution is 0.142. The van der Waals surface area contributed by atoms with Gasteiger partial charge >= 0.3 is 0 Å². The molecule has 16 heavy (non-hydrogen) atoms. The van der Waals surface area contributed by atoms with Gasteiger partial charge in [-0.3, -0.25) is 0 Å². The molecule has 0 spiro atoms. The monoisotopic (exact) mass is 218 g/mol. The van der Waals surface area contributed by atoms with E-state index in [1.54, 1.807) is 0 Å². The summed E-state index contributed by atoms with van der Waals surface area (Å²) in [6.07, 6.45) is 1.52. The van der Waals surface area contributed by atoms with Crippen LogP contribution in [-0.2, 0) is 13.0 Å². The Kier molecular flexibility index (Phi) is 2.58. The molecule has 3 heteroatoms. The summed E-state index contributed by atoms with van der Waals surface area (Å²) in [6, 6.07) is 6.55. The van der Waals surface area contributed by atoms with Crippen LogP contribution in [0.5, 0.6) is 5.75 Å². The standard InChI is InChI=1S/C13H18N2O/c1-15-5-4-10-6-12(3-2-11(10)9-15)16-13-7-14-8-13/h2-3,6,13-14H,4-5,7-9H2,1H3. The van der Waals surface area contributed by atoms with Crippen LogP contribution in [0.1, 0.15) is 11.1 Å². The van der Waals surface area contributed by atoms with Gasteiger partial charge in [0.2, 0.25) is 0 Å². The maximum atomic E-state index is 5.87. The molecule has 1 N–H and O–H groups in total. The van der Waals surface area contributed by atoms with Crippen LogP contribution in [0.2, 0.25) is 0 Å². The molecule has 0 saturated carbocycles. The van der Waals surface area contributed by atoms with Crippen LogP contribution in [0.15, 0.2) is 18.2 Å². The molecule has 0 aromatic heterocycles. The molecule has 86 valence electrons. The molecule has 2 heterocycles. The van der Waals surface area contributed by atoms with Crippen LogP contribution in [-0.4, -0.2) is 37.7 Å². The van der Waals surface area contributed by atoms with E-state index in [2.05, 4.69) is 35.5 Å². The lowest BCUT2D eigenvalue weighted by atomic mass is 10.00. The van der Waals surface area contributed by atoms with E-state index in [0.29, 0.717) is 6.10 Å². The van der Waals surface area contributed by atoms with Gasteiger partial charge in [0.05, 0.1) is 0 Å². The minimum Gasteiger partial charge on any atom is -0.488 e. The van der Waals surface area contributed by atoms with Gasteiger partial charge in [-0.15, -0.1) is 0 Å². The van der Waals surface area contributed by atoms with Crippen molar-refractivity contribution in [1.29, 1.82) is 0 Å². The summed E-state index contributed by atoms with van der Waals surface area (Å²) >= 11 is 0. The maximum Gasteiger partial charge on any atom is 0.123 e. The average molecular weight is 218 g/mol. The van der Waals surface area contributed by atoms with Crippen molar-refractivity contribution in [3.05, 3.63) is 29.3 Å². The van der Waals surface area contributed by atoms with E-state index in [9.17, 15) is 0 Å². The lowest BCUT2D eigenvalue weighted by Crippen LogP contribution is -2.50. The molecule has 1 saturated heterocycles. The molecule has 0 atom stereocenters. The molecule has 1 fully saturated rings. The highest BCUT2D eigenvalue weighted by Gasteiger charge is 2.19. The summed E-state index contributed by atoms with van der Waals surface area (Å²) in [5.41, 5.74) is 2.91. The smallest absolute Gasteiger partial charge is 0.123 e. The number of nitrogens with one attached hydrogen (secondary N) is 1. The lowest BCUT2D eigenvalue weighted by Gasteiger charge is -2.29. The first-order valence-corrected chi connectivity index (χ1v) is 5.99.